The number of nitrogens with zero attached hydrogens (tertiary/aromatic N) is 1. The quantitative estimate of drug-likeness (QED) is 0.790. The number of fused-ring (bicyclic) bond motifs is 1. The Balaban J connectivity index is 1.79. The molecule has 1 atom stereocenters. The maximum atomic E-state index is 5.95. The van der Waals surface area contributed by atoms with Crippen molar-refractivity contribution in [1.82, 2.24) is 4.98 Å². The number of hydrogen-bond acceptors (Lipinski definition) is 4. The summed E-state index contributed by atoms with van der Waals surface area (Å²) in [6.45, 7) is 2.43. The number of nitrogens with two attached hydrogens (primary N) is 1. The van der Waals surface area contributed by atoms with Crippen LogP contribution in [0.1, 0.15) is 23.5 Å². The van der Waals surface area contributed by atoms with Crippen LogP contribution in [0, 0.1) is 0 Å². The van der Waals surface area contributed by atoms with Gasteiger partial charge < -0.3 is 10.5 Å². The van der Waals surface area contributed by atoms with E-state index in [1.165, 1.54) is 4.70 Å². The summed E-state index contributed by atoms with van der Waals surface area (Å²) in [6.07, 6.45) is 0. The van der Waals surface area contributed by atoms with Gasteiger partial charge in [-0.3, -0.25) is 0 Å². The summed E-state index contributed by atoms with van der Waals surface area (Å²) in [7, 11) is 0. The number of ether oxygens (including phenoxy) is 1. The molecule has 0 bridgehead atoms. The van der Waals surface area contributed by atoms with Crippen LogP contribution in [0.3, 0.4) is 0 Å². The van der Waals surface area contributed by atoms with E-state index in [2.05, 4.69) is 11.1 Å². The molecule has 1 aromatic heterocycles. The zero-order chi connectivity index (χ0) is 13.9. The Morgan fingerprint density at radius 3 is 2.70 bits per heavy atom. The number of hydrogen-bond donors (Lipinski definition) is 1. The highest BCUT2D eigenvalue weighted by molar-refractivity contribution is 7.18. The van der Waals surface area contributed by atoms with Crippen molar-refractivity contribution in [3.05, 3.63) is 59.1 Å². The Morgan fingerprint density at radius 2 is 1.90 bits per heavy atom. The van der Waals surface area contributed by atoms with Gasteiger partial charge in [0, 0.05) is 11.6 Å². The van der Waals surface area contributed by atoms with Crippen molar-refractivity contribution in [3.8, 4) is 5.75 Å². The van der Waals surface area contributed by atoms with Crippen LogP contribution >= 0.6 is 11.3 Å². The van der Waals surface area contributed by atoms with Crippen molar-refractivity contribution >= 4 is 21.6 Å². The number of para-hydroxylation sites is 2. The maximum Gasteiger partial charge on any atom is 0.140 e. The first-order valence-corrected chi connectivity index (χ1v) is 7.37. The molecule has 0 radical (unpaired) electrons. The molecule has 0 aliphatic heterocycles. The molecule has 102 valence electrons. The van der Waals surface area contributed by atoms with Crippen molar-refractivity contribution in [3.63, 3.8) is 0 Å². The monoisotopic (exact) mass is 284 g/mol. The highest BCUT2D eigenvalue weighted by Gasteiger charge is 2.09. The molecular formula is C16H16N2OS. The predicted molar refractivity (Wildman–Crippen MR) is 83.0 cm³/mol. The molecule has 3 aromatic rings. The van der Waals surface area contributed by atoms with Gasteiger partial charge in [0.1, 0.15) is 17.4 Å². The largest absolute Gasteiger partial charge is 0.486 e. The van der Waals surface area contributed by atoms with Gasteiger partial charge in [-0.25, -0.2) is 4.98 Å². The molecule has 4 heteroatoms. The lowest BCUT2D eigenvalue weighted by Crippen LogP contribution is -2.07. The van der Waals surface area contributed by atoms with Crippen LogP contribution in [-0.2, 0) is 6.61 Å². The van der Waals surface area contributed by atoms with E-state index < -0.39 is 0 Å². The molecule has 0 saturated heterocycles. The lowest BCUT2D eigenvalue weighted by molar-refractivity contribution is 0.301. The minimum Gasteiger partial charge on any atom is -0.486 e. The molecule has 0 amide bonds. The Morgan fingerprint density at radius 1 is 1.15 bits per heavy atom. The fourth-order valence-electron chi connectivity index (χ4n) is 2.11. The standard InChI is InChI=1S/C16H16N2OS/c1-11(17)12-6-2-4-8-14(12)19-10-16-18-13-7-3-5-9-15(13)20-16/h2-9,11H,10,17H2,1H3/t11-/m0/s1. The van der Waals surface area contributed by atoms with Gasteiger partial charge in [-0.1, -0.05) is 30.3 Å². The van der Waals surface area contributed by atoms with E-state index in [0.717, 1.165) is 21.8 Å². The van der Waals surface area contributed by atoms with E-state index in [9.17, 15) is 0 Å². The van der Waals surface area contributed by atoms with Crippen LogP contribution in [0.5, 0.6) is 5.75 Å². The number of aromatic nitrogens is 1. The van der Waals surface area contributed by atoms with Gasteiger partial charge >= 0.3 is 0 Å². The van der Waals surface area contributed by atoms with Gasteiger partial charge in [0.2, 0.25) is 0 Å². The topological polar surface area (TPSA) is 48.1 Å². The van der Waals surface area contributed by atoms with E-state index in [0.29, 0.717) is 6.61 Å². The highest BCUT2D eigenvalue weighted by atomic mass is 32.1. The first kappa shape index (κ1) is 13.1. The van der Waals surface area contributed by atoms with Gasteiger partial charge in [0.25, 0.3) is 0 Å². The lowest BCUT2D eigenvalue weighted by atomic mass is 10.1. The third kappa shape index (κ3) is 2.66. The van der Waals surface area contributed by atoms with Crippen LogP contribution in [-0.4, -0.2) is 4.98 Å². The van der Waals surface area contributed by atoms with Crippen LogP contribution in [0.15, 0.2) is 48.5 Å². The lowest BCUT2D eigenvalue weighted by Gasteiger charge is -2.12. The second-order valence-corrected chi connectivity index (χ2v) is 5.81. The fourth-order valence-corrected chi connectivity index (χ4v) is 2.99. The average Bonchev–Trinajstić information content (AvgIpc) is 2.88. The van der Waals surface area contributed by atoms with E-state index in [-0.39, 0.29) is 6.04 Å². The summed E-state index contributed by atoms with van der Waals surface area (Å²) in [5.41, 5.74) is 8.00. The molecule has 1 heterocycles. The van der Waals surface area contributed by atoms with Crippen molar-refractivity contribution < 1.29 is 4.74 Å². The SMILES string of the molecule is C[C@H](N)c1ccccc1OCc1nc2ccccc2s1. The van der Waals surface area contributed by atoms with Crippen LogP contribution in [0.4, 0.5) is 0 Å². The molecule has 3 nitrogen and oxygen atoms in total. The molecule has 0 spiro atoms. The van der Waals surface area contributed by atoms with Crippen molar-refractivity contribution in [2.45, 2.75) is 19.6 Å². The number of rotatable bonds is 4. The van der Waals surface area contributed by atoms with Crippen molar-refractivity contribution in [2.75, 3.05) is 0 Å². The van der Waals surface area contributed by atoms with Gasteiger partial charge in [-0.2, -0.15) is 0 Å². The van der Waals surface area contributed by atoms with Gasteiger partial charge in [0.05, 0.1) is 10.2 Å². The summed E-state index contributed by atoms with van der Waals surface area (Å²) in [6, 6.07) is 16.0. The maximum absolute atomic E-state index is 5.95. The third-order valence-electron chi connectivity index (χ3n) is 3.10. The molecule has 0 aliphatic carbocycles. The Bertz CT molecular complexity index is 688. The molecule has 2 aromatic carbocycles. The Kier molecular flexibility index (Phi) is 3.67. The Labute approximate surface area is 122 Å². The van der Waals surface area contributed by atoms with Gasteiger partial charge in [-0.05, 0) is 25.1 Å². The fraction of sp³-hybridized carbons (Fsp3) is 0.188. The normalized spacial score (nSPS) is 12.5. The molecule has 20 heavy (non-hydrogen) atoms. The highest BCUT2D eigenvalue weighted by Crippen LogP contribution is 2.26. The van der Waals surface area contributed by atoms with Gasteiger partial charge in [0.15, 0.2) is 0 Å². The Hall–Kier alpha value is -1.91. The van der Waals surface area contributed by atoms with Crippen LogP contribution in [0.2, 0.25) is 0 Å². The predicted octanol–water partition coefficient (Wildman–Crippen LogP) is 3.90. The molecule has 0 unspecified atom stereocenters. The zero-order valence-electron chi connectivity index (χ0n) is 11.2. The molecule has 3 rings (SSSR count). The smallest absolute Gasteiger partial charge is 0.140 e. The molecule has 0 aliphatic rings. The molecular weight excluding hydrogens is 268 g/mol. The first-order valence-electron chi connectivity index (χ1n) is 6.56. The minimum atomic E-state index is -0.0402. The molecule has 0 fully saturated rings. The summed E-state index contributed by atoms with van der Waals surface area (Å²) in [5, 5.41) is 0.977. The van der Waals surface area contributed by atoms with Crippen LogP contribution in [0.25, 0.3) is 10.2 Å². The van der Waals surface area contributed by atoms with Gasteiger partial charge in [-0.15, -0.1) is 11.3 Å². The van der Waals surface area contributed by atoms with Crippen LogP contribution < -0.4 is 10.5 Å². The molecule has 2 N–H and O–H groups in total. The van der Waals surface area contributed by atoms with Crippen molar-refractivity contribution in [2.24, 2.45) is 5.73 Å². The molecule has 0 saturated carbocycles. The average molecular weight is 284 g/mol. The van der Waals surface area contributed by atoms with E-state index >= 15 is 0 Å². The second-order valence-electron chi connectivity index (χ2n) is 4.69. The van der Waals surface area contributed by atoms with Crippen molar-refractivity contribution in [1.29, 1.82) is 0 Å². The number of benzene rings is 2. The van der Waals surface area contributed by atoms with E-state index in [1.54, 1.807) is 11.3 Å². The van der Waals surface area contributed by atoms with E-state index in [4.69, 9.17) is 10.5 Å². The summed E-state index contributed by atoms with van der Waals surface area (Å²) >= 11 is 1.66. The summed E-state index contributed by atoms with van der Waals surface area (Å²) < 4.78 is 7.07. The third-order valence-corrected chi connectivity index (χ3v) is 4.11. The second kappa shape index (κ2) is 5.61. The number of thiazole rings is 1. The zero-order valence-corrected chi connectivity index (χ0v) is 12.1. The summed E-state index contributed by atoms with van der Waals surface area (Å²) in [4.78, 5) is 4.56. The first-order chi connectivity index (χ1) is 9.74. The summed E-state index contributed by atoms with van der Waals surface area (Å²) in [5.74, 6) is 0.835. The van der Waals surface area contributed by atoms with E-state index in [1.807, 2.05) is 49.4 Å². The minimum absolute atomic E-state index is 0.0402.